The first-order valence-corrected chi connectivity index (χ1v) is 8.61. The number of nitrogens with one attached hydrogen (secondary N) is 1. The number of para-hydroxylation sites is 3. The second-order valence-corrected chi connectivity index (χ2v) is 6.13. The quantitative estimate of drug-likeness (QED) is 0.607. The molecule has 132 valence electrons. The number of fused-ring (bicyclic) bond motifs is 1. The van der Waals surface area contributed by atoms with Gasteiger partial charge in [0.2, 0.25) is 5.91 Å². The molecule has 0 saturated carbocycles. The van der Waals surface area contributed by atoms with Gasteiger partial charge >= 0.3 is 0 Å². The Labute approximate surface area is 155 Å². The molecule has 0 bridgehead atoms. The fourth-order valence-corrected chi connectivity index (χ4v) is 3.07. The number of rotatable bonds is 4. The molecule has 0 spiro atoms. The van der Waals surface area contributed by atoms with Crippen LogP contribution in [0.4, 0.5) is 5.69 Å². The van der Waals surface area contributed by atoms with E-state index in [-0.39, 0.29) is 18.0 Å². The van der Waals surface area contributed by atoms with Crippen molar-refractivity contribution >= 4 is 22.6 Å². The zero-order chi connectivity index (χ0) is 18.6. The summed E-state index contributed by atoms with van der Waals surface area (Å²) in [6.07, 6.45) is 1.24. The average Bonchev–Trinajstić information content (AvgIpc) is 2.71. The first kappa shape index (κ1) is 16.7. The molecule has 1 heterocycles. The van der Waals surface area contributed by atoms with E-state index in [1.165, 1.54) is 10.8 Å². The molecule has 0 unspecified atom stereocenters. The largest absolute Gasteiger partial charge is 0.324 e. The minimum atomic E-state index is -0.305. The first-order chi connectivity index (χ1) is 13.2. The molecule has 4 rings (SSSR count). The topological polar surface area (TPSA) is 64.0 Å². The molecule has 3 aromatic carbocycles. The Morgan fingerprint density at radius 2 is 1.59 bits per heavy atom. The first-order valence-electron chi connectivity index (χ1n) is 8.61. The number of carbonyl (C=O) groups excluding carboxylic acids is 1. The molecule has 1 N–H and O–H groups in total. The summed E-state index contributed by atoms with van der Waals surface area (Å²) in [7, 11) is 0. The van der Waals surface area contributed by atoms with Crippen LogP contribution < -0.4 is 10.9 Å². The second kappa shape index (κ2) is 7.25. The van der Waals surface area contributed by atoms with Crippen LogP contribution in [0.2, 0.25) is 0 Å². The van der Waals surface area contributed by atoms with Crippen LogP contribution in [0.5, 0.6) is 0 Å². The Hall–Kier alpha value is -3.73. The van der Waals surface area contributed by atoms with Crippen molar-refractivity contribution in [3.05, 3.63) is 95.4 Å². The van der Waals surface area contributed by atoms with Crippen LogP contribution in [-0.2, 0) is 11.3 Å². The highest BCUT2D eigenvalue weighted by molar-refractivity contribution is 5.95. The van der Waals surface area contributed by atoms with Gasteiger partial charge in [0.25, 0.3) is 5.56 Å². The molecule has 0 radical (unpaired) electrons. The minimum absolute atomic E-state index is 0.0784. The van der Waals surface area contributed by atoms with E-state index in [9.17, 15) is 9.59 Å². The van der Waals surface area contributed by atoms with Crippen molar-refractivity contribution in [2.45, 2.75) is 6.54 Å². The molecular weight excluding hydrogens is 338 g/mol. The molecule has 0 aliphatic heterocycles. The summed E-state index contributed by atoms with van der Waals surface area (Å²) < 4.78 is 1.43. The van der Waals surface area contributed by atoms with Crippen molar-refractivity contribution in [1.82, 2.24) is 9.55 Å². The van der Waals surface area contributed by atoms with Crippen LogP contribution in [0.25, 0.3) is 22.2 Å². The third kappa shape index (κ3) is 3.48. The Kier molecular flexibility index (Phi) is 4.49. The fraction of sp³-hybridized carbons (Fsp3) is 0.0455. The zero-order valence-corrected chi connectivity index (χ0v) is 14.5. The molecule has 4 aromatic rings. The normalized spacial score (nSPS) is 10.7. The number of amides is 1. The van der Waals surface area contributed by atoms with Gasteiger partial charge in [-0.05, 0) is 23.8 Å². The Balaban J connectivity index is 1.64. The van der Waals surface area contributed by atoms with Crippen LogP contribution in [0, 0.1) is 0 Å². The number of hydrogen-bond acceptors (Lipinski definition) is 3. The number of aromatic nitrogens is 2. The van der Waals surface area contributed by atoms with Gasteiger partial charge in [-0.2, -0.15) is 0 Å². The maximum absolute atomic E-state index is 12.7. The van der Waals surface area contributed by atoms with E-state index in [0.29, 0.717) is 16.7 Å². The summed E-state index contributed by atoms with van der Waals surface area (Å²) in [5, 5.41) is 2.93. The maximum atomic E-state index is 12.7. The van der Waals surface area contributed by atoms with Gasteiger partial charge in [0.1, 0.15) is 6.54 Å². The van der Waals surface area contributed by atoms with Crippen molar-refractivity contribution in [3.8, 4) is 11.1 Å². The van der Waals surface area contributed by atoms with E-state index in [4.69, 9.17) is 0 Å². The van der Waals surface area contributed by atoms with Crippen molar-refractivity contribution in [3.63, 3.8) is 0 Å². The van der Waals surface area contributed by atoms with Crippen molar-refractivity contribution < 1.29 is 4.79 Å². The molecular formula is C22H17N3O2. The van der Waals surface area contributed by atoms with Crippen molar-refractivity contribution in [2.24, 2.45) is 0 Å². The van der Waals surface area contributed by atoms with Gasteiger partial charge < -0.3 is 5.32 Å². The van der Waals surface area contributed by atoms with Gasteiger partial charge in [-0.15, -0.1) is 0 Å². The number of carbonyl (C=O) groups is 1. The average molecular weight is 355 g/mol. The Morgan fingerprint density at radius 3 is 2.44 bits per heavy atom. The van der Waals surface area contributed by atoms with E-state index >= 15 is 0 Å². The number of nitrogens with zero attached hydrogens (tertiary/aromatic N) is 2. The minimum Gasteiger partial charge on any atom is -0.324 e. The van der Waals surface area contributed by atoms with Gasteiger partial charge in [-0.1, -0.05) is 60.7 Å². The third-order valence-electron chi connectivity index (χ3n) is 4.34. The molecule has 1 aromatic heterocycles. The van der Waals surface area contributed by atoms with Crippen LogP contribution >= 0.6 is 0 Å². The van der Waals surface area contributed by atoms with Gasteiger partial charge in [-0.25, -0.2) is 4.98 Å². The van der Waals surface area contributed by atoms with Gasteiger partial charge in [0, 0.05) is 11.3 Å². The maximum Gasteiger partial charge on any atom is 0.269 e. The second-order valence-electron chi connectivity index (χ2n) is 6.13. The lowest BCUT2D eigenvalue weighted by Crippen LogP contribution is -2.28. The number of hydrogen-bond donors (Lipinski definition) is 1. The van der Waals surface area contributed by atoms with E-state index in [2.05, 4.69) is 10.3 Å². The molecule has 0 fully saturated rings. The zero-order valence-electron chi connectivity index (χ0n) is 14.5. The van der Waals surface area contributed by atoms with Crippen LogP contribution in [0.15, 0.2) is 89.9 Å². The lowest BCUT2D eigenvalue weighted by molar-refractivity contribution is -0.116. The van der Waals surface area contributed by atoms with Gasteiger partial charge in [0.05, 0.1) is 17.2 Å². The summed E-state index contributed by atoms with van der Waals surface area (Å²) in [6.45, 7) is -0.0784. The van der Waals surface area contributed by atoms with Crippen LogP contribution in [-0.4, -0.2) is 15.5 Å². The molecule has 0 saturated heterocycles. The predicted molar refractivity (Wildman–Crippen MR) is 107 cm³/mol. The van der Waals surface area contributed by atoms with E-state index < -0.39 is 0 Å². The fourth-order valence-electron chi connectivity index (χ4n) is 3.07. The highest BCUT2D eigenvalue weighted by Crippen LogP contribution is 2.27. The molecule has 5 heteroatoms. The molecule has 0 aliphatic rings. The van der Waals surface area contributed by atoms with E-state index in [0.717, 1.165) is 11.1 Å². The highest BCUT2D eigenvalue weighted by atomic mass is 16.2. The predicted octanol–water partition coefficient (Wildman–Crippen LogP) is 3.70. The molecule has 0 atom stereocenters. The summed E-state index contributed by atoms with van der Waals surface area (Å²) in [5.41, 5.74) is 3.66. The highest BCUT2D eigenvalue weighted by Gasteiger charge is 2.11. The summed E-state index contributed by atoms with van der Waals surface area (Å²) in [5.74, 6) is -0.267. The Bertz CT molecular complexity index is 1170. The SMILES string of the molecule is O=C(Cn1c(=O)cnc2ccccc21)Nc1ccccc1-c1ccccc1. The standard InChI is InChI=1S/C22H17N3O2/c26-21(15-25-20-13-7-6-12-19(20)23-14-22(25)27)24-18-11-5-4-10-17(18)16-8-2-1-3-9-16/h1-14H,15H2,(H,24,26). The molecule has 27 heavy (non-hydrogen) atoms. The van der Waals surface area contributed by atoms with Gasteiger partial charge in [0.15, 0.2) is 0 Å². The third-order valence-corrected chi connectivity index (χ3v) is 4.34. The lowest BCUT2D eigenvalue weighted by atomic mass is 10.0. The number of anilines is 1. The van der Waals surface area contributed by atoms with Crippen LogP contribution in [0.1, 0.15) is 0 Å². The Morgan fingerprint density at radius 1 is 0.889 bits per heavy atom. The molecule has 1 amide bonds. The van der Waals surface area contributed by atoms with Gasteiger partial charge in [-0.3, -0.25) is 14.2 Å². The summed E-state index contributed by atoms with van der Waals surface area (Å²) in [4.78, 5) is 29.0. The molecule has 0 aliphatic carbocycles. The van der Waals surface area contributed by atoms with Crippen molar-refractivity contribution in [2.75, 3.05) is 5.32 Å². The van der Waals surface area contributed by atoms with E-state index in [1.54, 1.807) is 6.07 Å². The lowest BCUT2D eigenvalue weighted by Gasteiger charge is -2.13. The smallest absolute Gasteiger partial charge is 0.269 e. The number of benzene rings is 3. The monoisotopic (exact) mass is 355 g/mol. The molecule has 5 nitrogen and oxygen atoms in total. The summed E-state index contributed by atoms with van der Waals surface area (Å²) in [6, 6.07) is 24.7. The van der Waals surface area contributed by atoms with Crippen LogP contribution in [0.3, 0.4) is 0 Å². The van der Waals surface area contributed by atoms with E-state index in [1.807, 2.05) is 72.8 Å². The summed E-state index contributed by atoms with van der Waals surface area (Å²) >= 11 is 0. The van der Waals surface area contributed by atoms with Crippen molar-refractivity contribution in [1.29, 1.82) is 0 Å².